The number of hydrogen-bond donors (Lipinski definition) is 1. The summed E-state index contributed by atoms with van der Waals surface area (Å²) in [5.74, 6) is -0.644. The van der Waals surface area contributed by atoms with Gasteiger partial charge in [0.25, 0.3) is 0 Å². The fourth-order valence-corrected chi connectivity index (χ4v) is 3.51. The fraction of sp³-hybridized carbons (Fsp3) is 0.222. The summed E-state index contributed by atoms with van der Waals surface area (Å²) in [6.07, 6.45) is 0. The first kappa shape index (κ1) is 20.1. The average Bonchev–Trinajstić information content (AvgIpc) is 2.58. The molecule has 1 amide bonds. The Hall–Kier alpha value is -2.22. The van der Waals surface area contributed by atoms with Crippen LogP contribution in [0.4, 0.5) is 5.69 Å². The van der Waals surface area contributed by atoms with E-state index in [4.69, 9.17) is 11.6 Å². The van der Waals surface area contributed by atoms with Gasteiger partial charge in [0.15, 0.2) is 5.78 Å². The first-order chi connectivity index (χ1) is 12.1. The van der Waals surface area contributed by atoms with Gasteiger partial charge < -0.3 is 5.32 Å². The molecular formula is C18H19ClN2O4S. The van der Waals surface area contributed by atoms with E-state index in [-0.39, 0.29) is 17.2 Å². The third kappa shape index (κ3) is 4.69. The zero-order valence-electron chi connectivity index (χ0n) is 14.6. The number of carbonyl (C=O) groups is 2. The van der Waals surface area contributed by atoms with Crippen LogP contribution >= 0.6 is 11.6 Å². The van der Waals surface area contributed by atoms with Crippen molar-refractivity contribution in [2.24, 2.45) is 0 Å². The monoisotopic (exact) mass is 394 g/mol. The van der Waals surface area contributed by atoms with Gasteiger partial charge in [-0.05, 0) is 43.7 Å². The van der Waals surface area contributed by atoms with E-state index >= 15 is 0 Å². The van der Waals surface area contributed by atoms with Crippen molar-refractivity contribution in [1.82, 2.24) is 4.31 Å². The van der Waals surface area contributed by atoms with Crippen LogP contribution in [0.15, 0.2) is 47.4 Å². The molecule has 0 radical (unpaired) electrons. The molecule has 138 valence electrons. The van der Waals surface area contributed by atoms with Gasteiger partial charge in [-0.1, -0.05) is 29.8 Å². The lowest BCUT2D eigenvalue weighted by molar-refractivity contribution is -0.116. The molecule has 2 rings (SSSR count). The molecule has 1 N–H and O–H groups in total. The number of aryl methyl sites for hydroxylation is 1. The number of nitrogens with zero attached hydrogens (tertiary/aromatic N) is 1. The molecule has 0 aliphatic rings. The van der Waals surface area contributed by atoms with Crippen LogP contribution in [0.25, 0.3) is 0 Å². The van der Waals surface area contributed by atoms with Crippen LogP contribution in [0.2, 0.25) is 5.02 Å². The molecule has 0 spiro atoms. The van der Waals surface area contributed by atoms with E-state index in [0.717, 1.165) is 9.87 Å². The zero-order valence-corrected chi connectivity index (χ0v) is 16.2. The summed E-state index contributed by atoms with van der Waals surface area (Å²) in [5, 5.41) is 3.12. The maximum absolute atomic E-state index is 12.5. The SMILES string of the molecule is CC(=O)c1ccc(S(=O)(=O)N(C)CC(=O)Nc2ccc(C)c(Cl)c2)cc1. The number of benzene rings is 2. The van der Waals surface area contributed by atoms with Gasteiger partial charge >= 0.3 is 0 Å². The van der Waals surface area contributed by atoms with Crippen LogP contribution in [-0.2, 0) is 14.8 Å². The second-order valence-electron chi connectivity index (χ2n) is 5.85. The van der Waals surface area contributed by atoms with Crippen LogP contribution in [0, 0.1) is 6.92 Å². The summed E-state index contributed by atoms with van der Waals surface area (Å²) in [6, 6.07) is 10.6. The number of sulfonamides is 1. The van der Waals surface area contributed by atoms with Gasteiger partial charge in [0.1, 0.15) is 0 Å². The lowest BCUT2D eigenvalue weighted by Gasteiger charge is -2.17. The summed E-state index contributed by atoms with van der Waals surface area (Å²) in [5.41, 5.74) is 1.78. The molecule has 0 aliphatic heterocycles. The molecule has 0 aromatic heterocycles. The van der Waals surface area contributed by atoms with Crippen molar-refractivity contribution in [2.45, 2.75) is 18.7 Å². The number of carbonyl (C=O) groups excluding carboxylic acids is 2. The van der Waals surface area contributed by atoms with E-state index in [2.05, 4.69) is 5.32 Å². The number of rotatable bonds is 6. The minimum absolute atomic E-state index is 0.0104. The molecular weight excluding hydrogens is 376 g/mol. The number of anilines is 1. The highest BCUT2D eigenvalue weighted by molar-refractivity contribution is 7.89. The number of amides is 1. The standard InChI is InChI=1S/C18H19ClN2O4S/c1-12-4-7-15(10-17(12)19)20-18(23)11-21(3)26(24,25)16-8-5-14(6-9-16)13(2)22/h4-10H,11H2,1-3H3,(H,20,23). The van der Waals surface area contributed by atoms with Crippen molar-refractivity contribution in [3.63, 3.8) is 0 Å². The third-order valence-electron chi connectivity index (χ3n) is 3.79. The summed E-state index contributed by atoms with van der Waals surface area (Å²) in [4.78, 5) is 23.4. The molecule has 0 saturated carbocycles. The predicted octanol–water partition coefficient (Wildman–Crippen LogP) is 3.11. The van der Waals surface area contributed by atoms with Gasteiger partial charge in [0.2, 0.25) is 15.9 Å². The number of ketones is 1. The Kier molecular flexibility index (Phi) is 6.17. The Labute approximate surface area is 157 Å². The van der Waals surface area contributed by atoms with E-state index in [1.165, 1.54) is 38.2 Å². The van der Waals surface area contributed by atoms with Crippen LogP contribution in [0.5, 0.6) is 0 Å². The Balaban J connectivity index is 2.09. The molecule has 2 aromatic carbocycles. The number of halogens is 1. The van der Waals surface area contributed by atoms with Crippen molar-refractivity contribution >= 4 is 39.0 Å². The second-order valence-corrected chi connectivity index (χ2v) is 8.31. The topological polar surface area (TPSA) is 83.6 Å². The Bertz CT molecular complexity index is 940. The maximum Gasteiger partial charge on any atom is 0.243 e. The molecule has 26 heavy (non-hydrogen) atoms. The van der Waals surface area contributed by atoms with E-state index in [0.29, 0.717) is 16.3 Å². The third-order valence-corrected chi connectivity index (χ3v) is 6.02. The van der Waals surface area contributed by atoms with Gasteiger partial charge in [-0.15, -0.1) is 0 Å². The zero-order chi connectivity index (χ0) is 19.5. The first-order valence-corrected chi connectivity index (χ1v) is 9.56. The molecule has 0 bridgehead atoms. The van der Waals surface area contributed by atoms with E-state index < -0.39 is 15.9 Å². The second kappa shape index (κ2) is 7.99. The Morgan fingerprint density at radius 3 is 2.27 bits per heavy atom. The molecule has 0 aliphatic carbocycles. The predicted molar refractivity (Wildman–Crippen MR) is 101 cm³/mol. The molecule has 8 heteroatoms. The van der Waals surface area contributed by atoms with Crippen LogP contribution in [-0.4, -0.2) is 38.0 Å². The molecule has 6 nitrogen and oxygen atoms in total. The summed E-state index contributed by atoms with van der Waals surface area (Å²) in [7, 11) is -2.53. The molecule has 2 aromatic rings. The lowest BCUT2D eigenvalue weighted by atomic mass is 10.2. The van der Waals surface area contributed by atoms with E-state index in [1.54, 1.807) is 18.2 Å². The maximum atomic E-state index is 12.5. The van der Waals surface area contributed by atoms with Crippen molar-refractivity contribution in [3.8, 4) is 0 Å². The molecule has 0 saturated heterocycles. The van der Waals surface area contributed by atoms with Crippen molar-refractivity contribution in [1.29, 1.82) is 0 Å². The quantitative estimate of drug-likeness (QED) is 0.763. The van der Waals surface area contributed by atoms with Gasteiger partial charge in [-0.25, -0.2) is 8.42 Å². The van der Waals surface area contributed by atoms with Gasteiger partial charge in [0.05, 0.1) is 11.4 Å². The fourth-order valence-electron chi connectivity index (χ4n) is 2.20. The number of nitrogens with one attached hydrogen (secondary N) is 1. The van der Waals surface area contributed by atoms with Gasteiger partial charge in [-0.2, -0.15) is 4.31 Å². The number of likely N-dealkylation sites (N-methyl/N-ethyl adjacent to an activating group) is 1. The normalized spacial score (nSPS) is 11.4. The first-order valence-electron chi connectivity index (χ1n) is 7.74. The van der Waals surface area contributed by atoms with Gasteiger partial charge in [-0.3, -0.25) is 9.59 Å². The molecule has 0 heterocycles. The minimum Gasteiger partial charge on any atom is -0.325 e. The lowest BCUT2D eigenvalue weighted by Crippen LogP contribution is -2.35. The molecule has 0 fully saturated rings. The van der Waals surface area contributed by atoms with E-state index in [1.807, 2.05) is 6.92 Å². The summed E-state index contributed by atoms with van der Waals surface area (Å²) < 4.78 is 26.0. The Morgan fingerprint density at radius 2 is 1.73 bits per heavy atom. The Morgan fingerprint density at radius 1 is 1.12 bits per heavy atom. The van der Waals surface area contributed by atoms with Crippen LogP contribution in [0.1, 0.15) is 22.8 Å². The smallest absolute Gasteiger partial charge is 0.243 e. The van der Waals surface area contributed by atoms with Crippen molar-refractivity contribution in [2.75, 3.05) is 18.9 Å². The summed E-state index contributed by atoms with van der Waals surface area (Å²) in [6.45, 7) is 2.88. The van der Waals surface area contributed by atoms with E-state index in [9.17, 15) is 18.0 Å². The number of hydrogen-bond acceptors (Lipinski definition) is 4. The highest BCUT2D eigenvalue weighted by Crippen LogP contribution is 2.20. The van der Waals surface area contributed by atoms with Crippen LogP contribution in [0.3, 0.4) is 0 Å². The van der Waals surface area contributed by atoms with Crippen molar-refractivity contribution in [3.05, 3.63) is 58.6 Å². The largest absolute Gasteiger partial charge is 0.325 e. The highest BCUT2D eigenvalue weighted by atomic mass is 35.5. The van der Waals surface area contributed by atoms with Crippen molar-refractivity contribution < 1.29 is 18.0 Å². The van der Waals surface area contributed by atoms with Gasteiger partial charge in [0, 0.05) is 23.3 Å². The highest BCUT2D eigenvalue weighted by Gasteiger charge is 2.23. The number of Topliss-reactive ketones (excluding diaryl/α,β-unsaturated/α-hetero) is 1. The molecule has 0 atom stereocenters. The molecule has 0 unspecified atom stereocenters. The summed E-state index contributed by atoms with van der Waals surface area (Å²) >= 11 is 6.01. The average molecular weight is 395 g/mol. The van der Waals surface area contributed by atoms with Crippen LogP contribution < -0.4 is 5.32 Å². The minimum atomic E-state index is -3.85.